The molecule has 0 aliphatic heterocycles. The van der Waals surface area contributed by atoms with Gasteiger partial charge in [0.25, 0.3) is 0 Å². The fraction of sp³-hybridized carbons (Fsp3) is 0.400. The highest BCUT2D eigenvalue weighted by Gasteiger charge is 2.15. The van der Waals surface area contributed by atoms with E-state index < -0.39 is 12.1 Å². The number of rotatable bonds is 3. The molecule has 86 valence electrons. The SMILES string of the molecule is COc1ccc(Br)c([C@@H](N)[C@H](C)O)c1.Cl. The van der Waals surface area contributed by atoms with Gasteiger partial charge in [0, 0.05) is 4.47 Å². The largest absolute Gasteiger partial charge is 0.497 e. The summed E-state index contributed by atoms with van der Waals surface area (Å²) in [5, 5.41) is 9.38. The number of halogens is 2. The number of methoxy groups -OCH3 is 1. The standard InChI is InChI=1S/C10H14BrNO2.ClH/c1-6(13)10(12)8-5-7(14-2)3-4-9(8)11;/h3-6,10,13H,12H2,1-2H3;1H/t6-,10-;/m0./s1. The van der Waals surface area contributed by atoms with Crippen LogP contribution in [0.15, 0.2) is 22.7 Å². The maximum absolute atomic E-state index is 9.38. The molecule has 3 nitrogen and oxygen atoms in total. The smallest absolute Gasteiger partial charge is 0.119 e. The topological polar surface area (TPSA) is 55.5 Å². The Kier molecular flexibility index (Phi) is 6.20. The monoisotopic (exact) mass is 295 g/mol. The average molecular weight is 297 g/mol. The van der Waals surface area contributed by atoms with E-state index in [1.807, 2.05) is 18.2 Å². The zero-order valence-electron chi connectivity index (χ0n) is 8.61. The third-order valence-corrected chi connectivity index (χ3v) is 2.80. The maximum atomic E-state index is 9.38. The summed E-state index contributed by atoms with van der Waals surface area (Å²) in [5.74, 6) is 0.735. The number of aliphatic hydroxyl groups is 1. The van der Waals surface area contributed by atoms with Gasteiger partial charge in [-0.3, -0.25) is 0 Å². The Hall–Kier alpha value is -0.290. The summed E-state index contributed by atoms with van der Waals surface area (Å²) in [4.78, 5) is 0. The summed E-state index contributed by atoms with van der Waals surface area (Å²) in [5.41, 5.74) is 6.67. The summed E-state index contributed by atoms with van der Waals surface area (Å²) >= 11 is 3.38. The molecule has 0 spiro atoms. The van der Waals surface area contributed by atoms with Crippen LogP contribution in [-0.4, -0.2) is 18.3 Å². The summed E-state index contributed by atoms with van der Waals surface area (Å²) in [6.45, 7) is 1.66. The van der Waals surface area contributed by atoms with E-state index in [9.17, 15) is 5.11 Å². The molecule has 1 rings (SSSR count). The second-order valence-corrected chi connectivity index (χ2v) is 4.01. The number of benzene rings is 1. The van der Waals surface area contributed by atoms with Crippen molar-refractivity contribution in [3.63, 3.8) is 0 Å². The minimum Gasteiger partial charge on any atom is -0.497 e. The molecule has 0 heterocycles. The number of hydrogen-bond donors (Lipinski definition) is 2. The van der Waals surface area contributed by atoms with Gasteiger partial charge in [0.15, 0.2) is 0 Å². The Morgan fingerprint density at radius 3 is 2.53 bits per heavy atom. The number of hydrogen-bond acceptors (Lipinski definition) is 3. The van der Waals surface area contributed by atoms with Crippen molar-refractivity contribution in [2.45, 2.75) is 19.1 Å². The third-order valence-electron chi connectivity index (χ3n) is 2.08. The molecule has 0 fully saturated rings. The van der Waals surface area contributed by atoms with Gasteiger partial charge in [-0.05, 0) is 30.7 Å². The zero-order chi connectivity index (χ0) is 10.7. The van der Waals surface area contributed by atoms with Crippen molar-refractivity contribution in [3.05, 3.63) is 28.2 Å². The first-order valence-electron chi connectivity index (χ1n) is 4.33. The third kappa shape index (κ3) is 3.65. The molecule has 0 radical (unpaired) electrons. The van der Waals surface area contributed by atoms with Crippen molar-refractivity contribution in [1.29, 1.82) is 0 Å². The summed E-state index contributed by atoms with van der Waals surface area (Å²) in [6, 6.07) is 5.11. The lowest BCUT2D eigenvalue weighted by atomic mass is 10.0. The molecule has 1 aromatic rings. The Bertz CT molecular complexity index is 320. The molecule has 2 atom stereocenters. The quantitative estimate of drug-likeness (QED) is 0.899. The lowest BCUT2D eigenvalue weighted by Crippen LogP contribution is -2.23. The van der Waals surface area contributed by atoms with Gasteiger partial charge < -0.3 is 15.6 Å². The Morgan fingerprint density at radius 2 is 2.07 bits per heavy atom. The summed E-state index contributed by atoms with van der Waals surface area (Å²) < 4.78 is 5.96. The van der Waals surface area contributed by atoms with Crippen LogP contribution in [0, 0.1) is 0 Å². The fourth-order valence-electron chi connectivity index (χ4n) is 1.16. The molecule has 0 amide bonds. The molecule has 0 aliphatic carbocycles. The van der Waals surface area contributed by atoms with Crippen LogP contribution < -0.4 is 10.5 Å². The Balaban J connectivity index is 0.00000196. The zero-order valence-corrected chi connectivity index (χ0v) is 11.0. The van der Waals surface area contributed by atoms with Gasteiger partial charge in [0.05, 0.1) is 19.3 Å². The van der Waals surface area contributed by atoms with Gasteiger partial charge in [-0.25, -0.2) is 0 Å². The van der Waals surface area contributed by atoms with Gasteiger partial charge in [-0.15, -0.1) is 12.4 Å². The average Bonchev–Trinajstić information content (AvgIpc) is 2.17. The van der Waals surface area contributed by atoms with Crippen LogP contribution in [-0.2, 0) is 0 Å². The van der Waals surface area contributed by atoms with Crippen molar-refractivity contribution >= 4 is 28.3 Å². The first-order chi connectivity index (χ1) is 6.56. The second-order valence-electron chi connectivity index (χ2n) is 3.15. The van der Waals surface area contributed by atoms with Crippen LogP contribution in [0.1, 0.15) is 18.5 Å². The van der Waals surface area contributed by atoms with E-state index in [2.05, 4.69) is 15.9 Å². The van der Waals surface area contributed by atoms with Crippen molar-refractivity contribution < 1.29 is 9.84 Å². The van der Waals surface area contributed by atoms with Gasteiger partial charge in [0.2, 0.25) is 0 Å². The fourth-order valence-corrected chi connectivity index (χ4v) is 1.68. The molecule has 0 unspecified atom stereocenters. The molecule has 0 saturated heterocycles. The molecule has 5 heteroatoms. The summed E-state index contributed by atoms with van der Waals surface area (Å²) in [6.07, 6.45) is -0.585. The van der Waals surface area contributed by atoms with Crippen LogP contribution >= 0.6 is 28.3 Å². The highest BCUT2D eigenvalue weighted by atomic mass is 79.9. The van der Waals surface area contributed by atoms with E-state index in [1.165, 1.54) is 0 Å². The Morgan fingerprint density at radius 1 is 1.47 bits per heavy atom. The van der Waals surface area contributed by atoms with Crippen molar-refractivity contribution in [1.82, 2.24) is 0 Å². The molecule has 15 heavy (non-hydrogen) atoms. The van der Waals surface area contributed by atoms with Crippen LogP contribution in [0.4, 0.5) is 0 Å². The van der Waals surface area contributed by atoms with Crippen LogP contribution in [0.25, 0.3) is 0 Å². The summed E-state index contributed by atoms with van der Waals surface area (Å²) in [7, 11) is 1.60. The number of ether oxygens (including phenoxy) is 1. The molecular weight excluding hydrogens is 281 g/mol. The molecule has 0 aliphatic rings. The molecular formula is C10H15BrClNO2. The van der Waals surface area contributed by atoms with Crippen molar-refractivity contribution in [2.24, 2.45) is 5.73 Å². The van der Waals surface area contributed by atoms with E-state index in [0.717, 1.165) is 15.8 Å². The van der Waals surface area contributed by atoms with Crippen LogP contribution in [0.5, 0.6) is 5.75 Å². The highest BCUT2D eigenvalue weighted by molar-refractivity contribution is 9.10. The lowest BCUT2D eigenvalue weighted by Gasteiger charge is -2.17. The highest BCUT2D eigenvalue weighted by Crippen LogP contribution is 2.28. The van der Waals surface area contributed by atoms with Crippen molar-refractivity contribution in [3.8, 4) is 5.75 Å². The van der Waals surface area contributed by atoms with Gasteiger partial charge >= 0.3 is 0 Å². The minimum atomic E-state index is -0.585. The normalized spacial score (nSPS) is 13.9. The molecule has 3 N–H and O–H groups in total. The molecule has 0 saturated carbocycles. The van der Waals surface area contributed by atoms with Gasteiger partial charge in [-0.2, -0.15) is 0 Å². The van der Waals surface area contributed by atoms with E-state index in [0.29, 0.717) is 0 Å². The minimum absolute atomic E-state index is 0. The predicted molar refractivity (Wildman–Crippen MR) is 66.6 cm³/mol. The lowest BCUT2D eigenvalue weighted by molar-refractivity contribution is 0.164. The van der Waals surface area contributed by atoms with E-state index >= 15 is 0 Å². The molecule has 0 bridgehead atoms. The molecule has 0 aromatic heterocycles. The van der Waals surface area contributed by atoms with E-state index in [-0.39, 0.29) is 12.4 Å². The maximum Gasteiger partial charge on any atom is 0.119 e. The predicted octanol–water partition coefficient (Wildman–Crippen LogP) is 2.26. The van der Waals surface area contributed by atoms with E-state index in [1.54, 1.807) is 14.0 Å². The number of nitrogens with two attached hydrogens (primary N) is 1. The first-order valence-corrected chi connectivity index (χ1v) is 5.12. The van der Waals surface area contributed by atoms with Gasteiger partial charge in [-0.1, -0.05) is 15.9 Å². The van der Waals surface area contributed by atoms with Crippen LogP contribution in [0.2, 0.25) is 0 Å². The second kappa shape index (κ2) is 6.33. The van der Waals surface area contributed by atoms with Crippen LogP contribution in [0.3, 0.4) is 0 Å². The van der Waals surface area contributed by atoms with Gasteiger partial charge in [0.1, 0.15) is 5.75 Å². The van der Waals surface area contributed by atoms with Crippen molar-refractivity contribution in [2.75, 3.05) is 7.11 Å². The molecule has 1 aromatic carbocycles. The van der Waals surface area contributed by atoms with E-state index in [4.69, 9.17) is 10.5 Å². The first kappa shape index (κ1) is 14.7. The number of aliphatic hydroxyl groups excluding tert-OH is 1. The Labute approximate surface area is 104 Å².